The van der Waals surface area contributed by atoms with Crippen LogP contribution in [0, 0.1) is 6.92 Å². The van der Waals surface area contributed by atoms with Gasteiger partial charge in [-0.2, -0.15) is 10.1 Å². The fraction of sp³-hybridized carbons (Fsp3) is 0.200. The Hall–Kier alpha value is -4.92. The van der Waals surface area contributed by atoms with Crippen LogP contribution in [0.4, 0.5) is 11.4 Å². The number of ether oxygens (including phenoxy) is 3. The van der Waals surface area contributed by atoms with Crippen LogP contribution in [0.5, 0.6) is 11.5 Å². The maximum Gasteiger partial charge on any atom is 0.338 e. The Labute approximate surface area is 226 Å². The van der Waals surface area contributed by atoms with Gasteiger partial charge in [0.15, 0.2) is 18.1 Å². The van der Waals surface area contributed by atoms with Crippen molar-refractivity contribution in [3.8, 4) is 11.5 Å². The second-order valence-corrected chi connectivity index (χ2v) is 8.74. The van der Waals surface area contributed by atoms with Crippen molar-refractivity contribution in [2.45, 2.75) is 20.8 Å². The Morgan fingerprint density at radius 3 is 2.46 bits per heavy atom. The average Bonchev–Trinajstić information content (AvgIpc) is 3.20. The van der Waals surface area contributed by atoms with E-state index in [1.54, 1.807) is 62.4 Å². The fourth-order valence-electron chi connectivity index (χ4n) is 3.94. The minimum absolute atomic E-state index is 0.196. The van der Waals surface area contributed by atoms with E-state index in [2.05, 4.69) is 10.4 Å². The molecule has 0 aromatic heterocycles. The highest BCUT2D eigenvalue weighted by Crippen LogP contribution is 2.31. The average molecular weight is 528 g/mol. The molecule has 0 fully saturated rings. The highest BCUT2D eigenvalue weighted by atomic mass is 16.5. The largest absolute Gasteiger partial charge is 0.493 e. The molecule has 0 saturated heterocycles. The molecule has 1 N–H and O–H groups in total. The van der Waals surface area contributed by atoms with Gasteiger partial charge in [-0.15, -0.1) is 0 Å². The molecule has 39 heavy (non-hydrogen) atoms. The molecule has 1 heterocycles. The van der Waals surface area contributed by atoms with E-state index in [0.29, 0.717) is 45.3 Å². The van der Waals surface area contributed by atoms with Crippen LogP contribution in [0.1, 0.15) is 35.3 Å². The van der Waals surface area contributed by atoms with Crippen molar-refractivity contribution in [2.24, 2.45) is 5.10 Å². The topological polar surface area (TPSA) is 107 Å². The summed E-state index contributed by atoms with van der Waals surface area (Å²) in [6.07, 6.45) is 1.71. The lowest BCUT2D eigenvalue weighted by atomic mass is 10.1. The number of esters is 1. The summed E-state index contributed by atoms with van der Waals surface area (Å²) in [4.78, 5) is 37.4. The van der Waals surface area contributed by atoms with E-state index in [-0.39, 0.29) is 25.0 Å². The quantitative estimate of drug-likeness (QED) is 0.310. The van der Waals surface area contributed by atoms with Gasteiger partial charge in [-0.05, 0) is 86.5 Å². The molecule has 0 bridgehead atoms. The lowest BCUT2D eigenvalue weighted by Crippen LogP contribution is -2.21. The molecule has 0 radical (unpaired) electrons. The summed E-state index contributed by atoms with van der Waals surface area (Å²) >= 11 is 0. The van der Waals surface area contributed by atoms with Gasteiger partial charge in [-0.3, -0.25) is 9.59 Å². The van der Waals surface area contributed by atoms with E-state index in [1.165, 1.54) is 12.1 Å². The first-order valence-electron chi connectivity index (χ1n) is 12.3. The molecule has 2 amide bonds. The third kappa shape index (κ3) is 6.51. The Morgan fingerprint density at radius 1 is 1.00 bits per heavy atom. The Balaban J connectivity index is 1.44. The van der Waals surface area contributed by atoms with E-state index in [9.17, 15) is 14.4 Å². The molecular weight excluding hydrogens is 498 g/mol. The number of amides is 2. The summed E-state index contributed by atoms with van der Waals surface area (Å²) in [5, 5.41) is 8.48. The summed E-state index contributed by atoms with van der Waals surface area (Å²) in [5.41, 5.74) is 4.31. The molecular formula is C30H29N3O6. The number of nitrogens with zero attached hydrogens (tertiary/aromatic N) is 2. The summed E-state index contributed by atoms with van der Waals surface area (Å²) < 4.78 is 16.1. The van der Waals surface area contributed by atoms with E-state index in [1.807, 2.05) is 31.2 Å². The van der Waals surface area contributed by atoms with Gasteiger partial charge in [0.25, 0.3) is 11.8 Å². The number of rotatable bonds is 9. The lowest BCUT2D eigenvalue weighted by Gasteiger charge is -2.13. The normalized spacial score (nSPS) is 13.7. The highest BCUT2D eigenvalue weighted by molar-refractivity contribution is 6.32. The van der Waals surface area contributed by atoms with Crippen LogP contribution in [0.2, 0.25) is 0 Å². The van der Waals surface area contributed by atoms with E-state index in [4.69, 9.17) is 14.2 Å². The molecule has 0 spiro atoms. The number of hydrazone groups is 1. The molecule has 0 saturated carbocycles. The number of hydrogen-bond donors (Lipinski definition) is 1. The molecule has 0 atom stereocenters. The SMILES string of the molecule is CCOC(=O)c1ccc(N2N=C(C)C(=Cc3ccc(OCC(=O)Nc4cccc(C)c4)c(OC)c3)C2=O)cc1. The molecule has 4 rings (SSSR count). The molecule has 1 aliphatic heterocycles. The Kier molecular flexibility index (Phi) is 8.40. The molecule has 3 aromatic rings. The summed E-state index contributed by atoms with van der Waals surface area (Å²) in [5.74, 6) is -0.217. The van der Waals surface area contributed by atoms with Gasteiger partial charge < -0.3 is 19.5 Å². The van der Waals surface area contributed by atoms with Crippen LogP contribution in [-0.2, 0) is 14.3 Å². The summed E-state index contributed by atoms with van der Waals surface area (Å²) in [6, 6.07) is 19.1. The zero-order chi connectivity index (χ0) is 27.9. The number of aryl methyl sites for hydroxylation is 1. The third-order valence-corrected chi connectivity index (χ3v) is 5.84. The van der Waals surface area contributed by atoms with Crippen LogP contribution in [0.15, 0.2) is 77.4 Å². The van der Waals surface area contributed by atoms with Gasteiger partial charge >= 0.3 is 5.97 Å². The van der Waals surface area contributed by atoms with E-state index >= 15 is 0 Å². The van der Waals surface area contributed by atoms with Crippen molar-refractivity contribution in [3.05, 3.63) is 89.0 Å². The lowest BCUT2D eigenvalue weighted by molar-refractivity contribution is -0.118. The first kappa shape index (κ1) is 27.1. The number of carbonyl (C=O) groups excluding carboxylic acids is 3. The predicted molar refractivity (Wildman–Crippen MR) is 149 cm³/mol. The monoisotopic (exact) mass is 527 g/mol. The van der Waals surface area contributed by atoms with Crippen molar-refractivity contribution in [1.29, 1.82) is 0 Å². The summed E-state index contributed by atoms with van der Waals surface area (Å²) in [7, 11) is 1.50. The number of carbonyl (C=O) groups is 3. The summed E-state index contributed by atoms with van der Waals surface area (Å²) in [6.45, 7) is 5.52. The van der Waals surface area contributed by atoms with Crippen molar-refractivity contribution >= 4 is 40.9 Å². The zero-order valence-corrected chi connectivity index (χ0v) is 22.2. The van der Waals surface area contributed by atoms with Crippen molar-refractivity contribution in [1.82, 2.24) is 0 Å². The van der Waals surface area contributed by atoms with Gasteiger partial charge in [0.1, 0.15) is 0 Å². The minimum Gasteiger partial charge on any atom is -0.493 e. The standard InChI is InChI=1S/C30H29N3O6/c1-5-38-30(36)22-10-12-24(13-11-22)33-29(35)25(20(3)32-33)16-21-9-14-26(27(17-21)37-4)39-18-28(34)31-23-8-6-7-19(2)15-23/h6-17H,5,18H2,1-4H3,(H,31,34). The van der Waals surface area contributed by atoms with Crippen molar-refractivity contribution < 1.29 is 28.6 Å². The molecule has 200 valence electrons. The van der Waals surface area contributed by atoms with E-state index < -0.39 is 5.97 Å². The Bertz CT molecular complexity index is 1460. The molecule has 9 heteroatoms. The van der Waals surface area contributed by atoms with Crippen LogP contribution < -0.4 is 19.8 Å². The maximum atomic E-state index is 13.2. The number of methoxy groups -OCH3 is 1. The van der Waals surface area contributed by atoms with E-state index in [0.717, 1.165) is 5.56 Å². The number of hydrogen-bond acceptors (Lipinski definition) is 7. The van der Waals surface area contributed by atoms with Gasteiger partial charge in [0, 0.05) is 5.69 Å². The van der Waals surface area contributed by atoms with Crippen LogP contribution in [-0.4, -0.2) is 43.8 Å². The zero-order valence-electron chi connectivity index (χ0n) is 22.2. The predicted octanol–water partition coefficient (Wildman–Crippen LogP) is 5.00. The van der Waals surface area contributed by atoms with Gasteiger partial charge in [0.05, 0.1) is 36.3 Å². The van der Waals surface area contributed by atoms with Crippen LogP contribution >= 0.6 is 0 Å². The van der Waals surface area contributed by atoms with Crippen molar-refractivity contribution in [2.75, 3.05) is 30.6 Å². The highest BCUT2D eigenvalue weighted by Gasteiger charge is 2.29. The fourth-order valence-corrected chi connectivity index (χ4v) is 3.94. The van der Waals surface area contributed by atoms with Gasteiger partial charge in [-0.25, -0.2) is 4.79 Å². The Morgan fingerprint density at radius 2 is 1.77 bits per heavy atom. The second-order valence-electron chi connectivity index (χ2n) is 8.74. The molecule has 0 aliphatic carbocycles. The van der Waals surface area contributed by atoms with Crippen LogP contribution in [0.3, 0.4) is 0 Å². The van der Waals surface area contributed by atoms with Crippen LogP contribution in [0.25, 0.3) is 6.08 Å². The van der Waals surface area contributed by atoms with Gasteiger partial charge in [0.2, 0.25) is 0 Å². The third-order valence-electron chi connectivity index (χ3n) is 5.84. The number of benzene rings is 3. The molecule has 9 nitrogen and oxygen atoms in total. The maximum absolute atomic E-state index is 13.2. The molecule has 1 aliphatic rings. The molecule has 3 aromatic carbocycles. The smallest absolute Gasteiger partial charge is 0.338 e. The first-order valence-corrected chi connectivity index (χ1v) is 12.3. The van der Waals surface area contributed by atoms with Crippen molar-refractivity contribution in [3.63, 3.8) is 0 Å². The number of anilines is 2. The van der Waals surface area contributed by atoms with Gasteiger partial charge in [-0.1, -0.05) is 18.2 Å². The second kappa shape index (κ2) is 12.1. The molecule has 0 unspecified atom stereocenters. The number of nitrogens with one attached hydrogen (secondary N) is 1. The minimum atomic E-state index is -0.426. The first-order chi connectivity index (χ1) is 18.8.